The number of aliphatic hydroxyl groups excluding tert-OH is 1. The fraction of sp³-hybridized carbons (Fsp3) is 0.0714. The van der Waals surface area contributed by atoms with Gasteiger partial charge in [-0.05, 0) is 81.6 Å². The predicted molar refractivity (Wildman–Crippen MR) is 91.5 cm³/mol. The number of benzene rings is 2. The molecule has 2 aromatic rings. The highest BCUT2D eigenvalue weighted by molar-refractivity contribution is 14.1. The first-order valence-corrected chi connectivity index (χ1v) is 7.93. The Hall–Kier alpha value is -0.910. The molecule has 2 N–H and O–H groups in total. The minimum Gasteiger partial charge on any atom is -0.364 e. The molecule has 0 heterocycles. The van der Waals surface area contributed by atoms with E-state index < -0.39 is 12.3 Å². The lowest BCUT2D eigenvalue weighted by Gasteiger charge is -2.11. The van der Waals surface area contributed by atoms with E-state index in [-0.39, 0.29) is 11.3 Å². The van der Waals surface area contributed by atoms with Crippen molar-refractivity contribution in [1.82, 2.24) is 0 Å². The fourth-order valence-electron chi connectivity index (χ4n) is 1.54. The zero-order valence-electron chi connectivity index (χ0n) is 10.5. The highest BCUT2D eigenvalue weighted by Crippen LogP contribution is 2.26. The lowest BCUT2D eigenvalue weighted by molar-refractivity contribution is -0.153. The third kappa shape index (κ3) is 4.53. The molecule has 0 aromatic heterocycles. The van der Waals surface area contributed by atoms with Gasteiger partial charge in [-0.15, -0.1) is 0 Å². The van der Waals surface area contributed by atoms with Crippen LogP contribution in [-0.2, 0) is 4.89 Å². The van der Waals surface area contributed by atoms with Crippen molar-refractivity contribution in [2.75, 3.05) is 0 Å². The molecule has 0 aliphatic rings. The molecule has 0 fully saturated rings. The van der Waals surface area contributed by atoms with E-state index in [1.807, 2.05) is 28.7 Å². The smallest absolute Gasteiger partial charge is 0.364 e. The maximum absolute atomic E-state index is 11.9. The van der Waals surface area contributed by atoms with Crippen LogP contribution in [0.4, 0.5) is 0 Å². The Labute approximate surface area is 148 Å². The van der Waals surface area contributed by atoms with Crippen molar-refractivity contribution in [2.45, 2.75) is 6.29 Å². The second-order valence-corrected chi connectivity index (χ2v) is 6.51. The Bertz CT molecular complexity index is 658. The third-order valence-corrected chi connectivity index (χ3v) is 3.86. The van der Waals surface area contributed by atoms with Crippen LogP contribution >= 0.6 is 45.2 Å². The van der Waals surface area contributed by atoms with Crippen LogP contribution in [0.15, 0.2) is 42.5 Å². The van der Waals surface area contributed by atoms with Crippen molar-refractivity contribution in [3.05, 3.63) is 60.7 Å². The molecule has 21 heavy (non-hydrogen) atoms. The Kier molecular flexibility index (Phi) is 5.79. The van der Waals surface area contributed by atoms with Crippen LogP contribution in [0.5, 0.6) is 5.75 Å². The molecule has 0 aliphatic carbocycles. The molecule has 0 saturated heterocycles. The number of aliphatic hydroxyl groups is 2. The number of carbonyl (C=O) groups excluding carboxylic acids is 1. The molecule has 0 spiro atoms. The van der Waals surface area contributed by atoms with E-state index in [2.05, 4.69) is 22.6 Å². The van der Waals surface area contributed by atoms with Gasteiger partial charge in [-0.25, -0.2) is 9.68 Å². The molecule has 7 heteroatoms. The highest BCUT2D eigenvalue weighted by atomic mass is 127. The molecule has 0 amide bonds. The van der Waals surface area contributed by atoms with E-state index in [1.54, 1.807) is 24.3 Å². The summed E-state index contributed by atoms with van der Waals surface area (Å²) in [5, 5.41) is 18.5. The second kappa shape index (κ2) is 7.38. The van der Waals surface area contributed by atoms with E-state index >= 15 is 0 Å². The molecule has 0 bridgehead atoms. The van der Waals surface area contributed by atoms with Crippen molar-refractivity contribution < 1.29 is 24.8 Å². The summed E-state index contributed by atoms with van der Waals surface area (Å²) in [6, 6.07) is 11.5. The van der Waals surface area contributed by atoms with Crippen molar-refractivity contribution >= 4 is 51.2 Å². The van der Waals surface area contributed by atoms with Crippen LogP contribution in [0.2, 0.25) is 0 Å². The van der Waals surface area contributed by atoms with Gasteiger partial charge in [0.25, 0.3) is 0 Å². The first-order chi connectivity index (χ1) is 9.97. The standard InChI is InChI=1S/C14H10I2O5/c15-9-3-1-2-8(6-9)14(19)21-20-12-7-10(16)4-5-11(12)13(17)18/h1-7,13,17-18H. The summed E-state index contributed by atoms with van der Waals surface area (Å²) >= 11 is 4.12. The normalized spacial score (nSPS) is 10.5. The van der Waals surface area contributed by atoms with Crippen molar-refractivity contribution in [3.8, 4) is 5.75 Å². The minimum atomic E-state index is -1.71. The molecule has 0 aliphatic heterocycles. The average molecular weight is 512 g/mol. The first-order valence-electron chi connectivity index (χ1n) is 5.77. The maximum atomic E-state index is 11.9. The molecule has 0 radical (unpaired) electrons. The Morgan fingerprint density at radius 2 is 1.76 bits per heavy atom. The molecule has 110 valence electrons. The zero-order chi connectivity index (χ0) is 15.4. The first kappa shape index (κ1) is 16.5. The molecule has 2 rings (SSSR count). The summed E-state index contributed by atoms with van der Waals surface area (Å²) < 4.78 is 1.69. The molecule has 0 saturated carbocycles. The van der Waals surface area contributed by atoms with E-state index in [0.717, 1.165) is 7.14 Å². The van der Waals surface area contributed by atoms with E-state index in [4.69, 9.17) is 9.78 Å². The molecular weight excluding hydrogens is 502 g/mol. The van der Waals surface area contributed by atoms with E-state index in [0.29, 0.717) is 5.56 Å². The monoisotopic (exact) mass is 512 g/mol. The van der Waals surface area contributed by atoms with Gasteiger partial charge in [-0.2, -0.15) is 0 Å². The third-order valence-electron chi connectivity index (χ3n) is 2.52. The summed E-state index contributed by atoms with van der Waals surface area (Å²) in [5.74, 6) is -0.582. The van der Waals surface area contributed by atoms with Crippen molar-refractivity contribution in [1.29, 1.82) is 0 Å². The zero-order valence-corrected chi connectivity index (χ0v) is 14.8. The topological polar surface area (TPSA) is 76.0 Å². The van der Waals surface area contributed by atoms with Gasteiger partial charge in [0.2, 0.25) is 0 Å². The SMILES string of the molecule is O=C(OOc1cc(I)ccc1C(O)O)c1cccc(I)c1. The van der Waals surface area contributed by atoms with Crippen LogP contribution < -0.4 is 4.89 Å². The minimum absolute atomic E-state index is 0.0795. The number of rotatable bonds is 4. The van der Waals surface area contributed by atoms with Gasteiger partial charge in [0, 0.05) is 7.14 Å². The van der Waals surface area contributed by atoms with Gasteiger partial charge in [0.1, 0.15) is 0 Å². The van der Waals surface area contributed by atoms with Crippen LogP contribution in [0.25, 0.3) is 0 Å². The second-order valence-electron chi connectivity index (χ2n) is 4.02. The van der Waals surface area contributed by atoms with E-state index in [9.17, 15) is 15.0 Å². The lowest BCUT2D eigenvalue weighted by Crippen LogP contribution is -2.10. The number of halogens is 2. The Balaban J connectivity index is 2.13. The van der Waals surface area contributed by atoms with Crippen LogP contribution in [0.1, 0.15) is 22.2 Å². The van der Waals surface area contributed by atoms with Crippen LogP contribution in [-0.4, -0.2) is 16.2 Å². The fourth-order valence-corrected chi connectivity index (χ4v) is 2.55. The summed E-state index contributed by atoms with van der Waals surface area (Å²) in [4.78, 5) is 21.6. The summed E-state index contributed by atoms with van der Waals surface area (Å²) in [5.41, 5.74) is 0.462. The van der Waals surface area contributed by atoms with Crippen LogP contribution in [0, 0.1) is 7.14 Å². The number of hydrogen-bond acceptors (Lipinski definition) is 5. The maximum Gasteiger partial charge on any atom is 0.386 e. The molecule has 0 unspecified atom stereocenters. The Morgan fingerprint density at radius 3 is 2.43 bits per heavy atom. The van der Waals surface area contributed by atoms with Crippen molar-refractivity contribution in [2.24, 2.45) is 0 Å². The highest BCUT2D eigenvalue weighted by Gasteiger charge is 2.15. The number of carbonyl (C=O) groups is 1. The average Bonchev–Trinajstić information content (AvgIpc) is 2.44. The van der Waals surface area contributed by atoms with Gasteiger partial charge in [0.15, 0.2) is 12.0 Å². The largest absolute Gasteiger partial charge is 0.386 e. The summed E-state index contributed by atoms with van der Waals surface area (Å²) in [6.07, 6.45) is -1.71. The molecule has 5 nitrogen and oxygen atoms in total. The summed E-state index contributed by atoms with van der Waals surface area (Å²) in [6.45, 7) is 0. The molecular formula is C14H10I2O5. The lowest BCUT2D eigenvalue weighted by atomic mass is 10.2. The molecule has 0 atom stereocenters. The van der Waals surface area contributed by atoms with Gasteiger partial charge < -0.3 is 10.2 Å². The van der Waals surface area contributed by atoms with Gasteiger partial charge in [-0.1, -0.05) is 6.07 Å². The quantitative estimate of drug-likeness (QED) is 0.286. The molecule has 2 aromatic carbocycles. The predicted octanol–water partition coefficient (Wildman–Crippen LogP) is 3.03. The van der Waals surface area contributed by atoms with Crippen LogP contribution in [0.3, 0.4) is 0 Å². The summed E-state index contributed by atoms with van der Waals surface area (Å²) in [7, 11) is 0. The van der Waals surface area contributed by atoms with E-state index in [1.165, 1.54) is 12.1 Å². The van der Waals surface area contributed by atoms with Gasteiger partial charge in [0.05, 0.1) is 11.1 Å². The Morgan fingerprint density at radius 1 is 1.05 bits per heavy atom. The number of hydrogen-bond donors (Lipinski definition) is 2. The van der Waals surface area contributed by atoms with Crippen molar-refractivity contribution in [3.63, 3.8) is 0 Å². The van der Waals surface area contributed by atoms with Gasteiger partial charge in [-0.3, -0.25) is 4.89 Å². The van der Waals surface area contributed by atoms with Gasteiger partial charge >= 0.3 is 5.97 Å².